The van der Waals surface area contributed by atoms with Crippen LogP contribution < -0.4 is 5.73 Å². The third-order valence-corrected chi connectivity index (χ3v) is 4.26. The van der Waals surface area contributed by atoms with Crippen LogP contribution >= 0.6 is 0 Å². The number of hydrogen-bond acceptors (Lipinski definition) is 3. The van der Waals surface area contributed by atoms with E-state index in [2.05, 4.69) is 34.7 Å². The molecule has 1 aliphatic carbocycles. The highest BCUT2D eigenvalue weighted by atomic mass is 15.3. The number of likely N-dealkylation sites (tertiary alicyclic amines) is 1. The van der Waals surface area contributed by atoms with Crippen molar-refractivity contribution in [1.82, 2.24) is 14.7 Å². The molecule has 4 heteroatoms. The third-order valence-electron chi connectivity index (χ3n) is 4.26. The number of nitrogens with zero attached hydrogens (tertiary/aromatic N) is 3. The first-order valence-electron chi connectivity index (χ1n) is 6.66. The fraction of sp³-hybridized carbons (Fsp3) is 0.769. The van der Waals surface area contributed by atoms with Crippen molar-refractivity contribution in [2.75, 3.05) is 13.1 Å². The largest absolute Gasteiger partial charge is 0.321 e. The van der Waals surface area contributed by atoms with Gasteiger partial charge in [0.05, 0.1) is 12.2 Å². The zero-order valence-corrected chi connectivity index (χ0v) is 10.8. The third kappa shape index (κ3) is 2.00. The van der Waals surface area contributed by atoms with Crippen molar-refractivity contribution in [3.63, 3.8) is 0 Å². The van der Waals surface area contributed by atoms with Gasteiger partial charge in [-0.2, -0.15) is 5.10 Å². The van der Waals surface area contributed by atoms with Gasteiger partial charge in [-0.25, -0.2) is 0 Å². The molecular formula is C13H22N4. The molecule has 2 heterocycles. The molecule has 2 fully saturated rings. The van der Waals surface area contributed by atoms with Crippen LogP contribution in [0.2, 0.25) is 0 Å². The first kappa shape index (κ1) is 11.2. The molecule has 4 nitrogen and oxygen atoms in total. The molecule has 3 rings (SSSR count). The molecular weight excluding hydrogens is 212 g/mol. The van der Waals surface area contributed by atoms with Crippen molar-refractivity contribution in [2.24, 2.45) is 5.73 Å². The Hall–Kier alpha value is -0.870. The average molecular weight is 234 g/mol. The Morgan fingerprint density at radius 3 is 2.82 bits per heavy atom. The topological polar surface area (TPSA) is 47.1 Å². The lowest BCUT2D eigenvalue weighted by Gasteiger charge is -2.20. The molecule has 2 N–H and O–H groups in total. The first-order chi connectivity index (χ1) is 8.08. The Morgan fingerprint density at radius 2 is 2.24 bits per heavy atom. The summed E-state index contributed by atoms with van der Waals surface area (Å²) in [6, 6.07) is 1.17. The van der Waals surface area contributed by atoms with Crippen LogP contribution in [0, 0.1) is 0 Å². The van der Waals surface area contributed by atoms with Crippen molar-refractivity contribution in [3.8, 4) is 0 Å². The second kappa shape index (κ2) is 3.82. The Bertz CT molecular complexity index is 405. The number of rotatable bonds is 3. The van der Waals surface area contributed by atoms with Crippen molar-refractivity contribution < 1.29 is 0 Å². The van der Waals surface area contributed by atoms with E-state index in [1.807, 2.05) is 6.20 Å². The maximum Gasteiger partial charge on any atom is 0.0658 e. The summed E-state index contributed by atoms with van der Waals surface area (Å²) in [4.78, 5) is 2.52. The van der Waals surface area contributed by atoms with E-state index in [4.69, 9.17) is 5.73 Å². The molecule has 0 bridgehead atoms. The van der Waals surface area contributed by atoms with Crippen LogP contribution in [0.3, 0.4) is 0 Å². The molecule has 1 atom stereocenters. The van der Waals surface area contributed by atoms with Crippen molar-refractivity contribution >= 4 is 0 Å². The minimum Gasteiger partial charge on any atom is -0.321 e. The lowest BCUT2D eigenvalue weighted by molar-refractivity contribution is 0.262. The number of aromatic nitrogens is 2. The van der Waals surface area contributed by atoms with Crippen molar-refractivity contribution in [3.05, 3.63) is 18.0 Å². The van der Waals surface area contributed by atoms with E-state index in [-0.39, 0.29) is 5.54 Å². The summed E-state index contributed by atoms with van der Waals surface area (Å²) < 4.78 is 2.13. The van der Waals surface area contributed by atoms with Gasteiger partial charge in [-0.15, -0.1) is 0 Å². The Morgan fingerprint density at radius 1 is 1.47 bits per heavy atom. The summed E-state index contributed by atoms with van der Waals surface area (Å²) in [5, 5.41) is 4.51. The Kier molecular flexibility index (Phi) is 2.52. The van der Waals surface area contributed by atoms with E-state index < -0.39 is 0 Å². The van der Waals surface area contributed by atoms with Crippen molar-refractivity contribution in [2.45, 2.75) is 50.7 Å². The van der Waals surface area contributed by atoms with E-state index in [1.54, 1.807) is 0 Å². The standard InChI is InChI=1S/C13H22N4/c1-10(2)16-6-3-12(9-16)17-8-11(7-15-17)13(14)4-5-13/h7-8,10,12H,3-6,9,14H2,1-2H3. The summed E-state index contributed by atoms with van der Waals surface area (Å²) >= 11 is 0. The number of nitrogens with two attached hydrogens (primary N) is 1. The summed E-state index contributed by atoms with van der Waals surface area (Å²) in [7, 11) is 0. The van der Waals surface area contributed by atoms with E-state index in [0.717, 1.165) is 19.4 Å². The second-order valence-corrected chi connectivity index (χ2v) is 5.90. The van der Waals surface area contributed by atoms with Crippen LogP contribution in [0.25, 0.3) is 0 Å². The summed E-state index contributed by atoms with van der Waals surface area (Å²) in [5.74, 6) is 0. The van der Waals surface area contributed by atoms with Gasteiger partial charge in [-0.05, 0) is 33.1 Å². The molecule has 0 aromatic carbocycles. The van der Waals surface area contributed by atoms with Gasteiger partial charge in [0.1, 0.15) is 0 Å². The molecule has 1 saturated carbocycles. The molecule has 1 aliphatic heterocycles. The van der Waals surface area contributed by atoms with E-state index in [1.165, 1.54) is 18.5 Å². The SMILES string of the molecule is CC(C)N1CCC(n2cc(C3(N)CC3)cn2)C1. The molecule has 0 spiro atoms. The van der Waals surface area contributed by atoms with Gasteiger partial charge in [0, 0.05) is 36.4 Å². The minimum absolute atomic E-state index is 0.0470. The van der Waals surface area contributed by atoms with Crippen LogP contribution in [0.15, 0.2) is 12.4 Å². The molecule has 17 heavy (non-hydrogen) atoms. The second-order valence-electron chi connectivity index (χ2n) is 5.90. The van der Waals surface area contributed by atoms with Gasteiger partial charge in [-0.1, -0.05) is 0 Å². The van der Waals surface area contributed by atoms with Crippen LogP contribution in [-0.2, 0) is 5.54 Å². The number of hydrogen-bond donors (Lipinski definition) is 1. The normalized spacial score (nSPS) is 27.9. The molecule has 1 aromatic rings. The van der Waals surface area contributed by atoms with E-state index in [0.29, 0.717) is 12.1 Å². The maximum absolute atomic E-state index is 6.19. The predicted molar refractivity (Wildman–Crippen MR) is 67.7 cm³/mol. The molecule has 2 aliphatic rings. The molecule has 1 aromatic heterocycles. The quantitative estimate of drug-likeness (QED) is 0.862. The zero-order chi connectivity index (χ0) is 12.0. The van der Waals surface area contributed by atoms with Gasteiger partial charge in [0.15, 0.2) is 0 Å². The van der Waals surface area contributed by atoms with Gasteiger partial charge < -0.3 is 5.73 Å². The Balaban J connectivity index is 1.71. The first-order valence-corrected chi connectivity index (χ1v) is 6.66. The molecule has 94 valence electrons. The molecule has 0 radical (unpaired) electrons. The van der Waals surface area contributed by atoms with Crippen LogP contribution in [0.5, 0.6) is 0 Å². The maximum atomic E-state index is 6.19. The van der Waals surface area contributed by atoms with E-state index >= 15 is 0 Å². The fourth-order valence-electron chi connectivity index (χ4n) is 2.67. The van der Waals surface area contributed by atoms with Crippen LogP contribution in [-0.4, -0.2) is 33.8 Å². The zero-order valence-electron chi connectivity index (χ0n) is 10.8. The molecule has 1 saturated heterocycles. The average Bonchev–Trinajstić information content (AvgIpc) is 2.78. The van der Waals surface area contributed by atoms with E-state index in [9.17, 15) is 0 Å². The van der Waals surface area contributed by atoms with Crippen molar-refractivity contribution in [1.29, 1.82) is 0 Å². The van der Waals surface area contributed by atoms with Gasteiger partial charge in [0.25, 0.3) is 0 Å². The van der Waals surface area contributed by atoms with Gasteiger partial charge in [0.2, 0.25) is 0 Å². The van der Waals surface area contributed by atoms with Crippen LogP contribution in [0.4, 0.5) is 0 Å². The summed E-state index contributed by atoms with van der Waals surface area (Å²) in [5.41, 5.74) is 7.37. The molecule has 0 amide bonds. The fourth-order valence-corrected chi connectivity index (χ4v) is 2.67. The minimum atomic E-state index is -0.0470. The highest BCUT2D eigenvalue weighted by molar-refractivity contribution is 5.24. The van der Waals surface area contributed by atoms with Crippen LogP contribution in [0.1, 0.15) is 44.7 Å². The van der Waals surface area contributed by atoms with Gasteiger partial charge in [-0.3, -0.25) is 9.58 Å². The summed E-state index contributed by atoms with van der Waals surface area (Å²) in [6.45, 7) is 6.83. The lowest BCUT2D eigenvalue weighted by atomic mass is 10.1. The van der Waals surface area contributed by atoms with Gasteiger partial charge >= 0.3 is 0 Å². The highest BCUT2D eigenvalue weighted by Gasteiger charge is 2.41. The lowest BCUT2D eigenvalue weighted by Crippen LogP contribution is -2.28. The Labute approximate surface area is 103 Å². The monoisotopic (exact) mass is 234 g/mol. The highest BCUT2D eigenvalue weighted by Crippen LogP contribution is 2.42. The summed E-state index contributed by atoms with van der Waals surface area (Å²) in [6.07, 6.45) is 7.56. The molecule has 1 unspecified atom stereocenters. The predicted octanol–water partition coefficient (Wildman–Crippen LogP) is 1.49. The smallest absolute Gasteiger partial charge is 0.0658 e.